The first kappa shape index (κ1) is 14.4. The molecule has 1 fully saturated rings. The van der Waals surface area contributed by atoms with Gasteiger partial charge in [0.2, 0.25) is 5.91 Å². The third-order valence-electron chi connectivity index (χ3n) is 3.52. The quantitative estimate of drug-likeness (QED) is 0.794. The van der Waals surface area contributed by atoms with E-state index in [1.165, 1.54) is 5.56 Å². The highest BCUT2D eigenvalue weighted by Crippen LogP contribution is 2.23. The van der Waals surface area contributed by atoms with Gasteiger partial charge in [-0.3, -0.25) is 4.79 Å². The van der Waals surface area contributed by atoms with E-state index in [-0.39, 0.29) is 11.8 Å². The molecule has 1 aromatic carbocycles. The Bertz CT molecular complexity index is 404. The van der Waals surface area contributed by atoms with Crippen LogP contribution in [0.4, 0.5) is 0 Å². The van der Waals surface area contributed by atoms with Crippen LogP contribution < -0.4 is 0 Å². The lowest BCUT2D eigenvalue weighted by Crippen LogP contribution is -2.44. The average molecular weight is 282 g/mol. The zero-order valence-electron chi connectivity index (χ0n) is 11.2. The third kappa shape index (κ3) is 3.95. The van der Waals surface area contributed by atoms with Crippen molar-refractivity contribution >= 4 is 17.5 Å². The number of hydrogen-bond acceptors (Lipinski definition) is 2. The summed E-state index contributed by atoms with van der Waals surface area (Å²) in [4.78, 5) is 14.0. The second-order valence-electron chi connectivity index (χ2n) is 4.95. The lowest BCUT2D eigenvalue weighted by Gasteiger charge is -2.29. The maximum Gasteiger partial charge on any atom is 0.240 e. The zero-order valence-corrected chi connectivity index (χ0v) is 12.0. The number of amides is 1. The van der Waals surface area contributed by atoms with E-state index in [4.69, 9.17) is 16.3 Å². The molecule has 0 N–H and O–H groups in total. The number of benzene rings is 1. The SMILES string of the molecule is CC(CC(Cl)C(=O)N1CCOCC1)c1ccccc1. The van der Waals surface area contributed by atoms with E-state index in [1.807, 2.05) is 18.2 Å². The van der Waals surface area contributed by atoms with Crippen molar-refractivity contribution < 1.29 is 9.53 Å². The molecule has 2 unspecified atom stereocenters. The monoisotopic (exact) mass is 281 g/mol. The number of nitrogens with zero attached hydrogens (tertiary/aromatic N) is 1. The van der Waals surface area contributed by atoms with Crippen molar-refractivity contribution in [1.29, 1.82) is 0 Å². The molecule has 1 aromatic rings. The normalized spacial score (nSPS) is 18.9. The Morgan fingerprint density at radius 3 is 2.58 bits per heavy atom. The van der Waals surface area contributed by atoms with Crippen LogP contribution in [-0.2, 0) is 9.53 Å². The molecule has 2 rings (SSSR count). The van der Waals surface area contributed by atoms with Gasteiger partial charge in [-0.25, -0.2) is 0 Å². The molecule has 2 atom stereocenters. The van der Waals surface area contributed by atoms with Crippen molar-refractivity contribution in [2.75, 3.05) is 26.3 Å². The topological polar surface area (TPSA) is 29.5 Å². The van der Waals surface area contributed by atoms with Gasteiger partial charge in [0.25, 0.3) is 0 Å². The average Bonchev–Trinajstić information content (AvgIpc) is 2.48. The Kier molecular flexibility index (Phi) is 5.23. The smallest absolute Gasteiger partial charge is 0.240 e. The Balaban J connectivity index is 1.89. The molecular formula is C15H20ClNO2. The van der Waals surface area contributed by atoms with E-state index in [0.29, 0.717) is 32.7 Å². The molecule has 3 nitrogen and oxygen atoms in total. The molecule has 19 heavy (non-hydrogen) atoms. The summed E-state index contributed by atoms with van der Waals surface area (Å²) >= 11 is 6.28. The van der Waals surface area contributed by atoms with Crippen molar-refractivity contribution in [3.63, 3.8) is 0 Å². The minimum Gasteiger partial charge on any atom is -0.378 e. The largest absolute Gasteiger partial charge is 0.378 e. The first-order chi connectivity index (χ1) is 9.18. The highest BCUT2D eigenvalue weighted by atomic mass is 35.5. The van der Waals surface area contributed by atoms with Crippen LogP contribution in [0.25, 0.3) is 0 Å². The van der Waals surface area contributed by atoms with Gasteiger partial charge < -0.3 is 9.64 Å². The van der Waals surface area contributed by atoms with E-state index < -0.39 is 5.38 Å². The highest BCUT2D eigenvalue weighted by Gasteiger charge is 2.25. The minimum absolute atomic E-state index is 0.0350. The van der Waals surface area contributed by atoms with Crippen LogP contribution in [0, 0.1) is 0 Å². The van der Waals surface area contributed by atoms with Gasteiger partial charge in [0, 0.05) is 13.1 Å². The predicted octanol–water partition coefficient (Wildman–Crippen LogP) is 2.65. The van der Waals surface area contributed by atoms with Crippen LogP contribution in [0.15, 0.2) is 30.3 Å². The fraction of sp³-hybridized carbons (Fsp3) is 0.533. The lowest BCUT2D eigenvalue weighted by molar-refractivity contribution is -0.135. The van der Waals surface area contributed by atoms with Gasteiger partial charge in [-0.1, -0.05) is 37.3 Å². The van der Waals surface area contributed by atoms with E-state index in [9.17, 15) is 4.79 Å². The number of rotatable bonds is 4. The molecule has 1 heterocycles. The molecular weight excluding hydrogens is 262 g/mol. The van der Waals surface area contributed by atoms with Crippen LogP contribution >= 0.6 is 11.6 Å². The number of alkyl halides is 1. The standard InChI is InChI=1S/C15H20ClNO2/c1-12(13-5-3-2-4-6-13)11-14(16)15(18)17-7-9-19-10-8-17/h2-6,12,14H,7-11H2,1H3. The Hall–Kier alpha value is -1.06. The van der Waals surface area contributed by atoms with Crippen LogP contribution in [0.1, 0.15) is 24.8 Å². The van der Waals surface area contributed by atoms with Gasteiger partial charge in [0.15, 0.2) is 0 Å². The summed E-state index contributed by atoms with van der Waals surface area (Å²) in [6, 6.07) is 10.2. The van der Waals surface area contributed by atoms with Crippen LogP contribution in [0.3, 0.4) is 0 Å². The Morgan fingerprint density at radius 2 is 1.95 bits per heavy atom. The van der Waals surface area contributed by atoms with Crippen LogP contribution in [-0.4, -0.2) is 42.5 Å². The van der Waals surface area contributed by atoms with Gasteiger partial charge in [-0.2, -0.15) is 0 Å². The molecule has 1 aliphatic heterocycles. The van der Waals surface area contributed by atoms with Crippen molar-refractivity contribution in [2.24, 2.45) is 0 Å². The van der Waals surface area contributed by atoms with E-state index in [2.05, 4.69) is 19.1 Å². The number of carbonyl (C=O) groups is 1. The van der Waals surface area contributed by atoms with Crippen LogP contribution in [0.2, 0.25) is 0 Å². The van der Waals surface area contributed by atoms with Crippen molar-refractivity contribution in [3.05, 3.63) is 35.9 Å². The van der Waals surface area contributed by atoms with Crippen LogP contribution in [0.5, 0.6) is 0 Å². The number of carbonyl (C=O) groups excluding carboxylic acids is 1. The summed E-state index contributed by atoms with van der Waals surface area (Å²) in [6.07, 6.45) is 0.668. The maximum atomic E-state index is 12.2. The van der Waals surface area contributed by atoms with Gasteiger partial charge in [0.05, 0.1) is 13.2 Å². The Labute approximate surface area is 119 Å². The number of hydrogen-bond donors (Lipinski definition) is 0. The van der Waals surface area contributed by atoms with E-state index in [0.717, 1.165) is 0 Å². The molecule has 0 spiro atoms. The summed E-state index contributed by atoms with van der Waals surface area (Å²) in [7, 11) is 0. The highest BCUT2D eigenvalue weighted by molar-refractivity contribution is 6.30. The van der Waals surface area contributed by atoms with Gasteiger partial charge in [-0.15, -0.1) is 11.6 Å². The molecule has 0 aromatic heterocycles. The zero-order chi connectivity index (χ0) is 13.7. The molecule has 1 aliphatic rings. The van der Waals surface area contributed by atoms with Gasteiger partial charge >= 0.3 is 0 Å². The lowest BCUT2D eigenvalue weighted by atomic mass is 9.96. The molecule has 1 amide bonds. The van der Waals surface area contributed by atoms with E-state index in [1.54, 1.807) is 4.90 Å². The van der Waals surface area contributed by atoms with E-state index >= 15 is 0 Å². The molecule has 0 saturated carbocycles. The molecule has 0 aliphatic carbocycles. The number of morpholine rings is 1. The molecule has 104 valence electrons. The second kappa shape index (κ2) is 6.92. The first-order valence-corrected chi connectivity index (χ1v) is 7.17. The fourth-order valence-electron chi connectivity index (χ4n) is 2.31. The van der Waals surface area contributed by atoms with Crippen molar-refractivity contribution in [3.8, 4) is 0 Å². The summed E-state index contributed by atoms with van der Waals surface area (Å²) in [5, 5.41) is -0.451. The second-order valence-corrected chi connectivity index (χ2v) is 5.48. The number of ether oxygens (including phenoxy) is 1. The van der Waals surface area contributed by atoms with Gasteiger partial charge in [0.1, 0.15) is 5.38 Å². The summed E-state index contributed by atoms with van der Waals surface area (Å²) < 4.78 is 5.24. The number of halogens is 1. The summed E-state index contributed by atoms with van der Waals surface area (Å²) in [5.74, 6) is 0.321. The maximum absolute atomic E-state index is 12.2. The molecule has 4 heteroatoms. The predicted molar refractivity (Wildman–Crippen MR) is 76.5 cm³/mol. The summed E-state index contributed by atoms with van der Waals surface area (Å²) in [5.41, 5.74) is 1.22. The first-order valence-electron chi connectivity index (χ1n) is 6.74. The summed E-state index contributed by atoms with van der Waals surface area (Å²) in [6.45, 7) is 4.65. The van der Waals surface area contributed by atoms with Crippen molar-refractivity contribution in [2.45, 2.75) is 24.6 Å². The minimum atomic E-state index is -0.451. The van der Waals surface area contributed by atoms with Gasteiger partial charge in [-0.05, 0) is 17.9 Å². The Morgan fingerprint density at radius 1 is 1.32 bits per heavy atom. The molecule has 0 bridgehead atoms. The fourth-order valence-corrected chi connectivity index (χ4v) is 2.72. The van der Waals surface area contributed by atoms with Crippen molar-refractivity contribution in [1.82, 2.24) is 4.90 Å². The molecule has 1 saturated heterocycles. The third-order valence-corrected chi connectivity index (χ3v) is 3.88. The molecule has 0 radical (unpaired) electrons.